The highest BCUT2D eigenvalue weighted by molar-refractivity contribution is 5.38. The average Bonchev–Trinajstić information content (AvgIpc) is 3.11. The molecule has 0 aliphatic heterocycles. The van der Waals surface area contributed by atoms with Crippen LogP contribution in [0.15, 0.2) is 35.5 Å². The van der Waals surface area contributed by atoms with Crippen LogP contribution in [-0.4, -0.2) is 38.8 Å². The summed E-state index contributed by atoms with van der Waals surface area (Å²) in [6.45, 7) is 16.6. The number of rotatable bonds is 10. The van der Waals surface area contributed by atoms with Crippen molar-refractivity contribution in [1.29, 1.82) is 0 Å². The predicted molar refractivity (Wildman–Crippen MR) is 152 cm³/mol. The van der Waals surface area contributed by atoms with Crippen LogP contribution in [-0.2, 0) is 0 Å². The van der Waals surface area contributed by atoms with Crippen molar-refractivity contribution in [2.75, 3.05) is 0 Å². The zero-order chi connectivity index (χ0) is 27.6. The molecule has 0 radical (unpaired) electrons. The van der Waals surface area contributed by atoms with Crippen molar-refractivity contribution < 1.29 is 19.7 Å². The minimum Gasteiger partial charge on any atom is -0.393 e. The summed E-state index contributed by atoms with van der Waals surface area (Å²) in [7, 11) is 0. The molecule has 3 fully saturated rings. The number of aliphatic hydroxyl groups is 3. The lowest BCUT2D eigenvalue weighted by Gasteiger charge is -2.50. The van der Waals surface area contributed by atoms with Gasteiger partial charge in [0.2, 0.25) is 0 Å². The van der Waals surface area contributed by atoms with Gasteiger partial charge in [-0.2, -0.15) is 0 Å². The van der Waals surface area contributed by atoms with Crippen molar-refractivity contribution in [3.05, 3.63) is 35.5 Å². The van der Waals surface area contributed by atoms with E-state index in [9.17, 15) is 19.7 Å². The van der Waals surface area contributed by atoms with Crippen molar-refractivity contribution in [1.82, 2.24) is 0 Å². The number of hydrogen-bond donors (Lipinski definition) is 3. The molecule has 0 saturated heterocycles. The molecular weight excluding hydrogens is 463 g/mol. The van der Waals surface area contributed by atoms with Gasteiger partial charge < -0.3 is 15.3 Å². The molecule has 0 bridgehead atoms. The maximum absolute atomic E-state index is 14.3. The van der Waals surface area contributed by atoms with E-state index in [-0.39, 0.29) is 17.3 Å². The van der Waals surface area contributed by atoms with Crippen molar-refractivity contribution in [2.24, 2.45) is 22.7 Å². The van der Waals surface area contributed by atoms with Crippen LogP contribution >= 0.6 is 0 Å². The molecule has 0 aromatic rings. The third-order valence-electron chi connectivity index (χ3n) is 10.1. The molecule has 0 spiro atoms. The lowest BCUT2D eigenvalue weighted by Crippen LogP contribution is -2.41. The first-order chi connectivity index (χ1) is 17.0. The fraction of sp³-hybridized carbons (Fsp3) is 0.818. The third-order valence-corrected chi connectivity index (χ3v) is 10.1. The first-order valence-electron chi connectivity index (χ1n) is 14.9. The van der Waals surface area contributed by atoms with Gasteiger partial charge >= 0.3 is 0 Å². The zero-order valence-corrected chi connectivity index (χ0v) is 24.6. The number of alkyl halides is 1. The molecule has 3 N–H and O–H groups in total. The lowest BCUT2D eigenvalue weighted by atomic mass is 9.55. The fourth-order valence-corrected chi connectivity index (χ4v) is 8.14. The van der Waals surface area contributed by atoms with E-state index in [1.165, 1.54) is 31.3 Å². The second-order valence-electron chi connectivity index (χ2n) is 14.5. The Morgan fingerprint density at radius 1 is 0.973 bits per heavy atom. The predicted octanol–water partition coefficient (Wildman–Crippen LogP) is 7.99. The number of allylic oxidation sites excluding steroid dienone is 4. The van der Waals surface area contributed by atoms with Crippen LogP contribution in [0.3, 0.4) is 0 Å². The highest BCUT2D eigenvalue weighted by Crippen LogP contribution is 2.64. The smallest absolute Gasteiger partial charge is 0.127 e. The summed E-state index contributed by atoms with van der Waals surface area (Å²) in [5, 5.41) is 30.8. The van der Waals surface area contributed by atoms with Gasteiger partial charge in [0.1, 0.15) is 6.17 Å². The Balaban J connectivity index is 1.83. The highest BCUT2D eigenvalue weighted by atomic mass is 19.1. The van der Waals surface area contributed by atoms with Crippen molar-refractivity contribution in [3.63, 3.8) is 0 Å². The standard InChI is InChI=1S/C33H55FO3/c1-23-25(21-26(35)22-28(23)34)13-12-24-11-8-20-33(7)27(24)14-15-29(33)32(6,18-9-16-30(2,3)36)19-10-17-31(4,5)37/h12-13,26-29,35-37H,1,8-11,14-22H2,2-7H3/t26?,27?,28-,29+,33-/m0/s1. The van der Waals surface area contributed by atoms with Gasteiger partial charge in [-0.3, -0.25) is 0 Å². The fourth-order valence-electron chi connectivity index (χ4n) is 8.14. The SMILES string of the molecule is C=C1C(=CC=C2CCC[C@@]3(C)C2CC[C@@H]3C(C)(CCCC(C)(C)O)CCCC(C)(C)O)CC(O)C[C@@H]1F. The minimum absolute atomic E-state index is 0.161. The third kappa shape index (κ3) is 7.79. The van der Waals surface area contributed by atoms with Crippen molar-refractivity contribution in [3.8, 4) is 0 Å². The molecule has 3 rings (SSSR count). The molecular formula is C33H55FO3. The first kappa shape index (κ1) is 30.6. The molecule has 4 heteroatoms. The molecule has 0 amide bonds. The Kier molecular flexibility index (Phi) is 9.62. The van der Waals surface area contributed by atoms with Crippen molar-refractivity contribution >= 4 is 0 Å². The van der Waals surface area contributed by atoms with Crippen LogP contribution in [0.5, 0.6) is 0 Å². The van der Waals surface area contributed by atoms with Gasteiger partial charge in [0.25, 0.3) is 0 Å². The Labute approximate surface area is 226 Å². The van der Waals surface area contributed by atoms with Gasteiger partial charge in [-0.25, -0.2) is 4.39 Å². The molecule has 3 saturated carbocycles. The summed E-state index contributed by atoms with van der Waals surface area (Å²) >= 11 is 0. The molecule has 0 aromatic carbocycles. The van der Waals surface area contributed by atoms with Crippen LogP contribution in [0.1, 0.15) is 125 Å². The van der Waals surface area contributed by atoms with Crippen LogP contribution in [0, 0.1) is 22.7 Å². The number of halogens is 1. The summed E-state index contributed by atoms with van der Waals surface area (Å²) in [5.74, 6) is 1.14. The Morgan fingerprint density at radius 3 is 2.14 bits per heavy atom. The topological polar surface area (TPSA) is 60.7 Å². The summed E-state index contributed by atoms with van der Waals surface area (Å²) < 4.78 is 14.3. The molecule has 3 aliphatic rings. The number of aliphatic hydroxyl groups excluding tert-OH is 1. The highest BCUT2D eigenvalue weighted by Gasteiger charge is 2.54. The summed E-state index contributed by atoms with van der Waals surface area (Å²) in [6.07, 6.45) is 15.0. The van der Waals surface area contributed by atoms with E-state index in [4.69, 9.17) is 0 Å². The van der Waals surface area contributed by atoms with Gasteiger partial charge in [-0.05, 0) is 126 Å². The minimum atomic E-state index is -1.14. The Hall–Kier alpha value is -0.970. The average molecular weight is 519 g/mol. The van der Waals surface area contributed by atoms with E-state index in [0.29, 0.717) is 23.8 Å². The molecule has 37 heavy (non-hydrogen) atoms. The molecule has 2 unspecified atom stereocenters. The van der Waals surface area contributed by atoms with E-state index in [1.54, 1.807) is 0 Å². The normalized spacial score (nSPS) is 33.8. The molecule has 0 heterocycles. The lowest BCUT2D eigenvalue weighted by molar-refractivity contribution is 0.00528. The van der Waals surface area contributed by atoms with Crippen LogP contribution < -0.4 is 0 Å². The van der Waals surface area contributed by atoms with Crippen LogP contribution in [0.4, 0.5) is 4.39 Å². The Morgan fingerprint density at radius 2 is 1.57 bits per heavy atom. The van der Waals surface area contributed by atoms with E-state index < -0.39 is 23.5 Å². The maximum atomic E-state index is 14.3. The first-order valence-corrected chi connectivity index (χ1v) is 14.9. The second kappa shape index (κ2) is 11.6. The maximum Gasteiger partial charge on any atom is 0.127 e. The van der Waals surface area contributed by atoms with E-state index in [1.807, 2.05) is 27.7 Å². The molecule has 212 valence electrons. The quantitative estimate of drug-likeness (QED) is 0.275. The second-order valence-corrected chi connectivity index (χ2v) is 14.5. The van der Waals surface area contributed by atoms with E-state index in [2.05, 4.69) is 32.6 Å². The Bertz CT molecular complexity index is 838. The van der Waals surface area contributed by atoms with Gasteiger partial charge in [-0.1, -0.05) is 51.0 Å². The molecule has 3 aliphatic carbocycles. The van der Waals surface area contributed by atoms with Gasteiger partial charge in [0.05, 0.1) is 17.3 Å². The van der Waals surface area contributed by atoms with Gasteiger partial charge in [0.15, 0.2) is 0 Å². The summed E-state index contributed by atoms with van der Waals surface area (Å²) in [6, 6.07) is 0. The molecule has 0 aromatic heterocycles. The summed E-state index contributed by atoms with van der Waals surface area (Å²) in [5.41, 5.74) is 2.01. The molecule has 3 nitrogen and oxygen atoms in total. The number of hydrogen-bond acceptors (Lipinski definition) is 3. The van der Waals surface area contributed by atoms with Gasteiger partial charge in [0, 0.05) is 6.42 Å². The monoisotopic (exact) mass is 518 g/mol. The van der Waals surface area contributed by atoms with Gasteiger partial charge in [-0.15, -0.1) is 0 Å². The molecule has 5 atom stereocenters. The van der Waals surface area contributed by atoms with Crippen molar-refractivity contribution in [2.45, 2.75) is 148 Å². The van der Waals surface area contributed by atoms with E-state index in [0.717, 1.165) is 50.5 Å². The number of fused-ring (bicyclic) bond motifs is 1. The van der Waals surface area contributed by atoms with Crippen LogP contribution in [0.2, 0.25) is 0 Å². The summed E-state index contributed by atoms with van der Waals surface area (Å²) in [4.78, 5) is 0. The largest absolute Gasteiger partial charge is 0.393 e. The van der Waals surface area contributed by atoms with E-state index >= 15 is 0 Å². The zero-order valence-electron chi connectivity index (χ0n) is 24.6. The van der Waals surface area contributed by atoms with Crippen LogP contribution in [0.25, 0.3) is 0 Å².